The minimum absolute atomic E-state index is 0.375. The molecule has 0 radical (unpaired) electrons. The molecule has 0 saturated carbocycles. The Balaban J connectivity index is 2.00. The fourth-order valence-corrected chi connectivity index (χ4v) is 2.71. The summed E-state index contributed by atoms with van der Waals surface area (Å²) in [7, 11) is 0. The highest BCUT2D eigenvalue weighted by Gasteiger charge is 2.14. The van der Waals surface area contributed by atoms with Crippen LogP contribution < -0.4 is 10.5 Å². The number of fused-ring (bicyclic) bond motifs is 1. The number of nitrogens with two attached hydrogens (primary N) is 1. The molecule has 0 bridgehead atoms. The molecule has 2 heterocycles. The van der Waals surface area contributed by atoms with Crippen LogP contribution in [0, 0.1) is 6.92 Å². The van der Waals surface area contributed by atoms with E-state index < -0.39 is 0 Å². The van der Waals surface area contributed by atoms with Gasteiger partial charge >= 0.3 is 0 Å². The predicted octanol–water partition coefficient (Wildman–Crippen LogP) is 3.61. The zero-order valence-electron chi connectivity index (χ0n) is 10.3. The lowest BCUT2D eigenvalue weighted by molar-refractivity contribution is 0.459. The third kappa shape index (κ3) is 2.20. The SMILES string of the molecule is Cc1cc(Oc2nc3sccn3c2CN)ccc1Cl. The van der Waals surface area contributed by atoms with Crippen molar-refractivity contribution in [2.45, 2.75) is 13.5 Å². The van der Waals surface area contributed by atoms with Crippen molar-refractivity contribution in [1.82, 2.24) is 9.38 Å². The number of thiazole rings is 1. The molecule has 1 aromatic carbocycles. The van der Waals surface area contributed by atoms with Crippen LogP contribution in [0.25, 0.3) is 4.96 Å². The van der Waals surface area contributed by atoms with Gasteiger partial charge in [0.1, 0.15) is 11.4 Å². The maximum Gasteiger partial charge on any atom is 0.243 e. The van der Waals surface area contributed by atoms with Crippen LogP contribution in [0.1, 0.15) is 11.3 Å². The minimum atomic E-state index is 0.375. The van der Waals surface area contributed by atoms with Gasteiger partial charge in [-0.1, -0.05) is 11.6 Å². The third-order valence-corrected chi connectivity index (χ3v) is 4.04. The lowest BCUT2D eigenvalue weighted by Gasteiger charge is -2.06. The first-order valence-corrected chi connectivity index (χ1v) is 7.03. The molecule has 0 fully saturated rings. The highest BCUT2D eigenvalue weighted by Crippen LogP contribution is 2.29. The summed E-state index contributed by atoms with van der Waals surface area (Å²) in [5, 5.41) is 2.69. The monoisotopic (exact) mass is 293 g/mol. The van der Waals surface area contributed by atoms with Gasteiger partial charge in [0.15, 0.2) is 4.96 Å². The molecule has 6 heteroatoms. The topological polar surface area (TPSA) is 52.5 Å². The van der Waals surface area contributed by atoms with Crippen LogP contribution in [-0.4, -0.2) is 9.38 Å². The summed E-state index contributed by atoms with van der Waals surface area (Å²) < 4.78 is 7.76. The Kier molecular flexibility index (Phi) is 3.18. The van der Waals surface area contributed by atoms with Crippen molar-refractivity contribution in [3.63, 3.8) is 0 Å². The van der Waals surface area contributed by atoms with E-state index >= 15 is 0 Å². The molecule has 98 valence electrons. The lowest BCUT2D eigenvalue weighted by atomic mass is 10.2. The number of benzene rings is 1. The van der Waals surface area contributed by atoms with E-state index in [9.17, 15) is 0 Å². The third-order valence-electron chi connectivity index (χ3n) is 2.86. The molecule has 0 amide bonds. The van der Waals surface area contributed by atoms with E-state index in [1.54, 1.807) is 11.3 Å². The van der Waals surface area contributed by atoms with E-state index in [1.807, 2.05) is 41.1 Å². The number of imidazole rings is 1. The van der Waals surface area contributed by atoms with Gasteiger partial charge in [-0.3, -0.25) is 4.40 Å². The second-order valence-electron chi connectivity index (χ2n) is 4.14. The zero-order valence-corrected chi connectivity index (χ0v) is 11.8. The van der Waals surface area contributed by atoms with Gasteiger partial charge in [0.25, 0.3) is 0 Å². The number of aryl methyl sites for hydroxylation is 1. The van der Waals surface area contributed by atoms with Gasteiger partial charge in [0.2, 0.25) is 5.88 Å². The zero-order chi connectivity index (χ0) is 13.4. The molecule has 4 nitrogen and oxygen atoms in total. The van der Waals surface area contributed by atoms with Crippen LogP contribution in [0.5, 0.6) is 11.6 Å². The molecule has 0 saturated heterocycles. The van der Waals surface area contributed by atoms with Crippen LogP contribution in [0.4, 0.5) is 0 Å². The molecule has 0 atom stereocenters. The van der Waals surface area contributed by atoms with Crippen LogP contribution in [0.15, 0.2) is 29.8 Å². The Morgan fingerprint density at radius 1 is 1.47 bits per heavy atom. The number of hydrogen-bond acceptors (Lipinski definition) is 4. The summed E-state index contributed by atoms with van der Waals surface area (Å²) in [6, 6.07) is 5.52. The number of nitrogens with zero attached hydrogens (tertiary/aromatic N) is 2. The molecule has 0 aliphatic heterocycles. The highest BCUT2D eigenvalue weighted by atomic mass is 35.5. The average Bonchev–Trinajstić information content (AvgIpc) is 2.94. The Hall–Kier alpha value is -1.56. The first kappa shape index (κ1) is 12.5. The number of halogens is 1. The van der Waals surface area contributed by atoms with Gasteiger partial charge in [-0.15, -0.1) is 11.3 Å². The summed E-state index contributed by atoms with van der Waals surface area (Å²) in [6.07, 6.45) is 1.94. The van der Waals surface area contributed by atoms with E-state index in [1.165, 1.54) is 0 Å². The van der Waals surface area contributed by atoms with Gasteiger partial charge in [0.05, 0.1) is 0 Å². The smallest absolute Gasteiger partial charge is 0.243 e. The normalized spacial score (nSPS) is 11.1. The number of hydrogen-bond donors (Lipinski definition) is 1. The summed E-state index contributed by atoms with van der Waals surface area (Å²) in [6.45, 7) is 2.31. The van der Waals surface area contributed by atoms with E-state index in [4.69, 9.17) is 22.1 Å². The van der Waals surface area contributed by atoms with Crippen LogP contribution in [0.2, 0.25) is 5.02 Å². The fraction of sp³-hybridized carbons (Fsp3) is 0.154. The second kappa shape index (κ2) is 4.85. The standard InChI is InChI=1S/C13H12ClN3OS/c1-8-6-9(2-3-10(8)14)18-12-11(7-15)17-4-5-19-13(17)16-12/h2-6H,7,15H2,1H3. The molecule has 19 heavy (non-hydrogen) atoms. The summed E-state index contributed by atoms with van der Waals surface area (Å²) in [5.41, 5.74) is 7.60. The van der Waals surface area contributed by atoms with E-state index in [-0.39, 0.29) is 0 Å². The van der Waals surface area contributed by atoms with Crippen LogP contribution >= 0.6 is 22.9 Å². The Morgan fingerprint density at radius 2 is 2.32 bits per heavy atom. The lowest BCUT2D eigenvalue weighted by Crippen LogP contribution is -2.01. The van der Waals surface area contributed by atoms with E-state index in [2.05, 4.69) is 4.98 Å². The molecule has 3 rings (SSSR count). The largest absolute Gasteiger partial charge is 0.437 e. The Labute approximate surface area is 119 Å². The van der Waals surface area contributed by atoms with Crippen molar-refractivity contribution in [3.8, 4) is 11.6 Å². The maximum absolute atomic E-state index is 6.00. The first-order valence-electron chi connectivity index (χ1n) is 5.77. The average molecular weight is 294 g/mol. The molecule has 0 aliphatic carbocycles. The minimum Gasteiger partial charge on any atom is -0.437 e. The van der Waals surface area contributed by atoms with Crippen molar-refractivity contribution in [2.24, 2.45) is 5.73 Å². The molecule has 2 N–H and O–H groups in total. The summed E-state index contributed by atoms with van der Waals surface area (Å²) >= 11 is 7.54. The molecular weight excluding hydrogens is 282 g/mol. The van der Waals surface area contributed by atoms with Crippen molar-refractivity contribution in [3.05, 3.63) is 46.1 Å². The van der Waals surface area contributed by atoms with Crippen LogP contribution in [-0.2, 0) is 6.54 Å². The van der Waals surface area contributed by atoms with Gasteiger partial charge in [-0.05, 0) is 30.7 Å². The highest BCUT2D eigenvalue weighted by molar-refractivity contribution is 7.15. The molecule has 3 aromatic rings. The number of aromatic nitrogens is 2. The van der Waals surface area contributed by atoms with E-state index in [0.29, 0.717) is 18.2 Å². The molecule has 2 aromatic heterocycles. The summed E-state index contributed by atoms with van der Waals surface area (Å²) in [4.78, 5) is 5.31. The van der Waals surface area contributed by atoms with Crippen molar-refractivity contribution in [1.29, 1.82) is 0 Å². The quantitative estimate of drug-likeness (QED) is 0.802. The van der Waals surface area contributed by atoms with Gasteiger partial charge < -0.3 is 10.5 Å². The summed E-state index contributed by atoms with van der Waals surface area (Å²) in [5.74, 6) is 1.26. The van der Waals surface area contributed by atoms with Gasteiger partial charge in [-0.25, -0.2) is 0 Å². The molecule has 0 spiro atoms. The van der Waals surface area contributed by atoms with Gasteiger partial charge in [0, 0.05) is 23.1 Å². The second-order valence-corrected chi connectivity index (χ2v) is 5.42. The van der Waals surface area contributed by atoms with Gasteiger partial charge in [-0.2, -0.15) is 4.98 Å². The fourth-order valence-electron chi connectivity index (χ4n) is 1.87. The van der Waals surface area contributed by atoms with Crippen molar-refractivity contribution < 1.29 is 4.74 Å². The predicted molar refractivity (Wildman–Crippen MR) is 77.2 cm³/mol. The first-order chi connectivity index (χ1) is 9.19. The van der Waals surface area contributed by atoms with Crippen molar-refractivity contribution in [2.75, 3.05) is 0 Å². The molecule has 0 aliphatic rings. The number of ether oxygens (including phenoxy) is 1. The van der Waals surface area contributed by atoms with E-state index in [0.717, 1.165) is 21.2 Å². The molecular formula is C13H12ClN3OS. The Bertz CT molecular complexity index is 735. The number of rotatable bonds is 3. The van der Waals surface area contributed by atoms with Crippen LogP contribution in [0.3, 0.4) is 0 Å². The Morgan fingerprint density at radius 3 is 3.05 bits per heavy atom. The van der Waals surface area contributed by atoms with Crippen molar-refractivity contribution >= 4 is 27.9 Å². The molecule has 0 unspecified atom stereocenters. The maximum atomic E-state index is 6.00.